The molecule has 0 bridgehead atoms. The number of imidazole rings is 1. The van der Waals surface area contributed by atoms with Crippen LogP contribution >= 0.6 is 0 Å². The van der Waals surface area contributed by atoms with E-state index in [1.54, 1.807) is 6.33 Å². The van der Waals surface area contributed by atoms with E-state index in [1.165, 1.54) is 11.9 Å². The van der Waals surface area contributed by atoms with E-state index in [-0.39, 0.29) is 0 Å². The summed E-state index contributed by atoms with van der Waals surface area (Å²) in [4.78, 5) is 12.4. The third-order valence-corrected chi connectivity index (χ3v) is 3.50. The lowest BCUT2D eigenvalue weighted by Gasteiger charge is -2.06. The molecule has 0 saturated heterocycles. The molecular formula is C16H19N5O. The van der Waals surface area contributed by atoms with E-state index in [2.05, 4.69) is 39.2 Å². The molecule has 0 aliphatic rings. The number of nitrogens with two attached hydrogens (primary N) is 1. The van der Waals surface area contributed by atoms with Crippen LogP contribution in [0.25, 0.3) is 11.2 Å². The van der Waals surface area contributed by atoms with Crippen LogP contribution in [0.4, 0.5) is 5.82 Å². The smallest absolute Gasteiger partial charge is 0.165 e. The van der Waals surface area contributed by atoms with E-state index in [0.717, 1.165) is 25.1 Å². The maximum atomic E-state index is 5.76. The number of hydrogen-bond acceptors (Lipinski definition) is 5. The third kappa shape index (κ3) is 3.40. The van der Waals surface area contributed by atoms with Crippen LogP contribution in [0.15, 0.2) is 43.0 Å². The number of fused-ring (bicyclic) bond motifs is 1. The SMILES string of the molecule is Nc1ncnc2c1ncn2CCOCCCc1ccccc1. The summed E-state index contributed by atoms with van der Waals surface area (Å²) < 4.78 is 7.62. The minimum absolute atomic E-state index is 0.410. The largest absolute Gasteiger partial charge is 0.382 e. The zero-order chi connectivity index (χ0) is 15.2. The van der Waals surface area contributed by atoms with Gasteiger partial charge in [0, 0.05) is 13.2 Å². The van der Waals surface area contributed by atoms with Crippen molar-refractivity contribution in [2.45, 2.75) is 19.4 Å². The van der Waals surface area contributed by atoms with Gasteiger partial charge in [-0.15, -0.1) is 0 Å². The average Bonchev–Trinajstić information content (AvgIpc) is 2.96. The molecule has 0 unspecified atom stereocenters. The Kier molecular flexibility index (Phi) is 4.60. The highest BCUT2D eigenvalue weighted by Crippen LogP contribution is 2.13. The zero-order valence-electron chi connectivity index (χ0n) is 12.4. The highest BCUT2D eigenvalue weighted by molar-refractivity contribution is 5.80. The second-order valence-electron chi connectivity index (χ2n) is 5.07. The Hall–Kier alpha value is -2.47. The molecule has 0 spiro atoms. The zero-order valence-corrected chi connectivity index (χ0v) is 12.4. The maximum absolute atomic E-state index is 5.76. The molecule has 6 nitrogen and oxygen atoms in total. The van der Waals surface area contributed by atoms with Gasteiger partial charge in [-0.05, 0) is 18.4 Å². The molecule has 6 heteroatoms. The van der Waals surface area contributed by atoms with Gasteiger partial charge in [-0.25, -0.2) is 15.0 Å². The van der Waals surface area contributed by atoms with Crippen molar-refractivity contribution >= 4 is 17.0 Å². The number of hydrogen-bond donors (Lipinski definition) is 1. The van der Waals surface area contributed by atoms with Crippen LogP contribution in [-0.2, 0) is 17.7 Å². The van der Waals surface area contributed by atoms with Crippen molar-refractivity contribution in [3.63, 3.8) is 0 Å². The summed E-state index contributed by atoms with van der Waals surface area (Å²) in [5, 5.41) is 0. The highest BCUT2D eigenvalue weighted by Gasteiger charge is 2.07. The van der Waals surface area contributed by atoms with E-state index in [0.29, 0.717) is 24.5 Å². The van der Waals surface area contributed by atoms with Crippen molar-refractivity contribution in [3.8, 4) is 0 Å². The van der Waals surface area contributed by atoms with Gasteiger partial charge >= 0.3 is 0 Å². The Labute approximate surface area is 129 Å². The molecular weight excluding hydrogens is 278 g/mol. The Balaban J connectivity index is 1.42. The Morgan fingerprint density at radius 3 is 2.77 bits per heavy atom. The first-order valence-corrected chi connectivity index (χ1v) is 7.37. The predicted octanol–water partition coefficient (Wildman–Crippen LogP) is 2.06. The molecule has 3 aromatic rings. The second-order valence-corrected chi connectivity index (χ2v) is 5.07. The lowest BCUT2D eigenvalue weighted by atomic mass is 10.1. The summed E-state index contributed by atoms with van der Waals surface area (Å²) in [6.07, 6.45) is 5.24. The summed E-state index contributed by atoms with van der Waals surface area (Å²) >= 11 is 0. The first-order chi connectivity index (χ1) is 10.8. The monoisotopic (exact) mass is 297 g/mol. The molecule has 0 amide bonds. The topological polar surface area (TPSA) is 78.9 Å². The Morgan fingerprint density at radius 2 is 1.91 bits per heavy atom. The van der Waals surface area contributed by atoms with Crippen molar-refractivity contribution in [1.29, 1.82) is 0 Å². The quantitative estimate of drug-likeness (QED) is 0.675. The fourth-order valence-corrected chi connectivity index (χ4v) is 2.35. The molecule has 114 valence electrons. The van der Waals surface area contributed by atoms with Gasteiger partial charge in [0.25, 0.3) is 0 Å². The van der Waals surface area contributed by atoms with E-state index in [4.69, 9.17) is 10.5 Å². The van der Waals surface area contributed by atoms with Crippen LogP contribution in [0.5, 0.6) is 0 Å². The van der Waals surface area contributed by atoms with Gasteiger partial charge in [0.1, 0.15) is 11.8 Å². The van der Waals surface area contributed by atoms with Gasteiger partial charge in [-0.1, -0.05) is 30.3 Å². The normalized spacial score (nSPS) is 11.1. The number of nitrogen functional groups attached to an aromatic ring is 1. The van der Waals surface area contributed by atoms with Crippen molar-refractivity contribution < 1.29 is 4.74 Å². The predicted molar refractivity (Wildman–Crippen MR) is 85.3 cm³/mol. The molecule has 0 saturated carbocycles. The van der Waals surface area contributed by atoms with Crippen molar-refractivity contribution in [3.05, 3.63) is 48.5 Å². The molecule has 0 radical (unpaired) electrons. The maximum Gasteiger partial charge on any atom is 0.165 e. The van der Waals surface area contributed by atoms with Crippen molar-refractivity contribution in [1.82, 2.24) is 19.5 Å². The minimum atomic E-state index is 0.410. The van der Waals surface area contributed by atoms with Gasteiger partial charge in [-0.2, -0.15) is 0 Å². The van der Waals surface area contributed by atoms with Crippen LogP contribution in [0.2, 0.25) is 0 Å². The molecule has 3 rings (SSSR count). The Morgan fingerprint density at radius 1 is 1.05 bits per heavy atom. The number of aromatic nitrogens is 4. The van der Waals surface area contributed by atoms with Crippen LogP contribution in [0.3, 0.4) is 0 Å². The molecule has 22 heavy (non-hydrogen) atoms. The van der Waals surface area contributed by atoms with Gasteiger partial charge < -0.3 is 15.0 Å². The highest BCUT2D eigenvalue weighted by atomic mass is 16.5. The molecule has 0 aliphatic heterocycles. The van der Waals surface area contributed by atoms with Gasteiger partial charge in [0.15, 0.2) is 11.5 Å². The van der Waals surface area contributed by atoms with Gasteiger partial charge in [0.05, 0.1) is 12.9 Å². The van der Waals surface area contributed by atoms with E-state index >= 15 is 0 Å². The first-order valence-electron chi connectivity index (χ1n) is 7.37. The summed E-state index contributed by atoms with van der Waals surface area (Å²) in [5.74, 6) is 0.410. The van der Waals surface area contributed by atoms with E-state index in [1.807, 2.05) is 10.6 Å². The number of rotatable bonds is 7. The van der Waals surface area contributed by atoms with Gasteiger partial charge in [0.2, 0.25) is 0 Å². The fraction of sp³-hybridized carbons (Fsp3) is 0.312. The lowest BCUT2D eigenvalue weighted by molar-refractivity contribution is 0.124. The molecule has 1 aromatic carbocycles. The minimum Gasteiger partial charge on any atom is -0.382 e. The summed E-state index contributed by atoms with van der Waals surface area (Å²) in [5.41, 5.74) is 8.50. The number of anilines is 1. The summed E-state index contributed by atoms with van der Waals surface area (Å²) in [7, 11) is 0. The number of ether oxygens (including phenoxy) is 1. The van der Waals surface area contributed by atoms with Crippen molar-refractivity contribution in [2.75, 3.05) is 18.9 Å². The van der Waals surface area contributed by atoms with E-state index in [9.17, 15) is 0 Å². The molecule has 0 aliphatic carbocycles. The van der Waals surface area contributed by atoms with E-state index < -0.39 is 0 Å². The van der Waals surface area contributed by atoms with Crippen LogP contribution in [0, 0.1) is 0 Å². The van der Waals surface area contributed by atoms with Crippen LogP contribution in [-0.4, -0.2) is 32.7 Å². The van der Waals surface area contributed by atoms with Gasteiger partial charge in [-0.3, -0.25) is 0 Å². The molecule has 0 atom stereocenters. The van der Waals surface area contributed by atoms with Crippen LogP contribution in [0.1, 0.15) is 12.0 Å². The van der Waals surface area contributed by atoms with Crippen LogP contribution < -0.4 is 5.73 Å². The first kappa shape index (κ1) is 14.5. The molecule has 2 heterocycles. The summed E-state index contributed by atoms with van der Waals surface area (Å²) in [6.45, 7) is 2.08. The summed E-state index contributed by atoms with van der Waals surface area (Å²) in [6, 6.07) is 10.4. The van der Waals surface area contributed by atoms with Crippen molar-refractivity contribution in [2.24, 2.45) is 0 Å². The third-order valence-electron chi connectivity index (χ3n) is 3.50. The lowest BCUT2D eigenvalue weighted by Crippen LogP contribution is -2.07. The Bertz CT molecular complexity index is 726. The standard InChI is InChI=1S/C16H19N5O/c17-15-14-16(19-11-18-15)21(12-20-14)8-10-22-9-4-7-13-5-2-1-3-6-13/h1-3,5-6,11-12H,4,7-10H2,(H2,17,18,19). The molecule has 0 fully saturated rings. The number of nitrogens with zero attached hydrogens (tertiary/aromatic N) is 4. The molecule has 2 N–H and O–H groups in total. The molecule has 2 aromatic heterocycles. The second kappa shape index (κ2) is 7.00. The fourth-order valence-electron chi connectivity index (χ4n) is 2.35. The number of benzene rings is 1. The number of aryl methyl sites for hydroxylation is 1. The average molecular weight is 297 g/mol.